The molecule has 124 valence electrons. The number of allylic oxidation sites excluding steroid dienone is 4. The predicted molar refractivity (Wildman–Crippen MR) is 99.4 cm³/mol. The molecule has 1 aromatic heterocycles. The lowest BCUT2D eigenvalue weighted by molar-refractivity contribution is -0.109. The van der Waals surface area contributed by atoms with Crippen LogP contribution >= 0.6 is 11.8 Å². The van der Waals surface area contributed by atoms with E-state index >= 15 is 0 Å². The molecule has 0 bridgehead atoms. The maximum absolute atomic E-state index is 11.7. The number of fused-ring (bicyclic) bond motifs is 3. The van der Waals surface area contributed by atoms with E-state index in [-0.39, 0.29) is 16.2 Å². The van der Waals surface area contributed by atoms with Gasteiger partial charge in [0.05, 0.1) is 11.9 Å². The Morgan fingerprint density at radius 3 is 2.83 bits per heavy atom. The van der Waals surface area contributed by atoms with Crippen LogP contribution in [0, 0.1) is 0 Å². The standard InChI is InChI=1S/C19H22N3OS/c1-14(23)24-16-13-20-17-21(16)15-9-5-6-10-19(15)11-7-8-12-22(17,19)18(2,3)4/h5-9,11-13H,10H2,1-4H3/q+1. The molecule has 4 nitrogen and oxygen atoms in total. The van der Waals surface area contributed by atoms with Gasteiger partial charge in [-0.2, -0.15) is 4.98 Å². The zero-order valence-electron chi connectivity index (χ0n) is 14.5. The highest BCUT2D eigenvalue weighted by Gasteiger charge is 2.67. The van der Waals surface area contributed by atoms with Crippen molar-refractivity contribution in [3.05, 3.63) is 48.9 Å². The number of aromatic nitrogens is 2. The summed E-state index contributed by atoms with van der Waals surface area (Å²) in [5.41, 5.74) is 0.928. The van der Waals surface area contributed by atoms with Gasteiger partial charge in [0, 0.05) is 13.3 Å². The molecule has 2 unspecified atom stereocenters. The minimum Gasteiger partial charge on any atom is -0.287 e. The fraction of sp³-hybridized carbons (Fsp3) is 0.368. The van der Waals surface area contributed by atoms with Crippen LogP contribution in [0.25, 0.3) is 5.70 Å². The molecule has 1 aliphatic carbocycles. The molecule has 1 aromatic rings. The summed E-state index contributed by atoms with van der Waals surface area (Å²) >= 11 is 1.26. The molecule has 0 amide bonds. The average molecular weight is 340 g/mol. The first-order valence-corrected chi connectivity index (χ1v) is 9.06. The summed E-state index contributed by atoms with van der Waals surface area (Å²) in [7, 11) is 0. The molecule has 0 saturated carbocycles. The molecule has 0 saturated heterocycles. The Bertz CT molecular complexity index is 852. The molecule has 0 aromatic carbocycles. The molecule has 2 atom stereocenters. The fourth-order valence-electron chi connectivity index (χ4n) is 4.43. The normalized spacial score (nSPS) is 29.9. The number of quaternary nitrogens is 1. The molecule has 2 aliphatic heterocycles. The third-order valence-electron chi connectivity index (χ3n) is 5.26. The third-order valence-corrected chi connectivity index (χ3v) is 6.04. The Morgan fingerprint density at radius 1 is 1.33 bits per heavy atom. The molecule has 3 heterocycles. The van der Waals surface area contributed by atoms with Crippen LogP contribution in [0.5, 0.6) is 0 Å². The van der Waals surface area contributed by atoms with Crippen LogP contribution in [0.15, 0.2) is 53.9 Å². The van der Waals surface area contributed by atoms with Crippen molar-refractivity contribution in [1.82, 2.24) is 14.0 Å². The number of hydrogen-bond acceptors (Lipinski definition) is 3. The van der Waals surface area contributed by atoms with E-state index in [1.165, 1.54) is 17.5 Å². The highest BCUT2D eigenvalue weighted by atomic mass is 32.2. The first-order valence-electron chi connectivity index (χ1n) is 8.24. The summed E-state index contributed by atoms with van der Waals surface area (Å²) < 4.78 is 2.84. The van der Waals surface area contributed by atoms with Gasteiger partial charge in [-0.1, -0.05) is 18.2 Å². The van der Waals surface area contributed by atoms with E-state index in [2.05, 4.69) is 68.0 Å². The minimum absolute atomic E-state index is 0.0801. The van der Waals surface area contributed by atoms with Crippen LogP contribution in [-0.4, -0.2) is 25.7 Å². The minimum atomic E-state index is -0.197. The van der Waals surface area contributed by atoms with Crippen LogP contribution in [0.4, 0.5) is 5.95 Å². The van der Waals surface area contributed by atoms with E-state index in [9.17, 15) is 4.79 Å². The van der Waals surface area contributed by atoms with Crippen molar-refractivity contribution >= 4 is 28.5 Å². The van der Waals surface area contributed by atoms with Crippen LogP contribution in [0.3, 0.4) is 0 Å². The van der Waals surface area contributed by atoms with Crippen molar-refractivity contribution in [3.63, 3.8) is 0 Å². The largest absolute Gasteiger partial charge is 0.320 e. The Labute approximate surface area is 146 Å². The molecular weight excluding hydrogens is 318 g/mol. The smallest absolute Gasteiger partial charge is 0.287 e. The fourth-order valence-corrected chi connectivity index (χ4v) is 5.11. The van der Waals surface area contributed by atoms with E-state index < -0.39 is 0 Å². The van der Waals surface area contributed by atoms with Gasteiger partial charge in [0.25, 0.3) is 0 Å². The average Bonchev–Trinajstić information content (AvgIpc) is 3.01. The molecule has 5 heteroatoms. The van der Waals surface area contributed by atoms with E-state index in [1.54, 1.807) is 6.92 Å². The van der Waals surface area contributed by atoms with Crippen molar-refractivity contribution in [1.29, 1.82) is 0 Å². The molecule has 24 heavy (non-hydrogen) atoms. The van der Waals surface area contributed by atoms with Crippen molar-refractivity contribution in [3.8, 4) is 0 Å². The van der Waals surface area contributed by atoms with E-state index in [1.807, 2.05) is 6.20 Å². The summed E-state index contributed by atoms with van der Waals surface area (Å²) in [6, 6.07) is 0. The number of nitrogens with zero attached hydrogens (tertiary/aromatic N) is 3. The van der Waals surface area contributed by atoms with Gasteiger partial charge in [0.15, 0.2) is 10.7 Å². The topological polar surface area (TPSA) is 34.9 Å². The van der Waals surface area contributed by atoms with Crippen molar-refractivity contribution in [2.75, 3.05) is 0 Å². The molecule has 0 fully saturated rings. The molecular formula is C19H22N3OS+. The van der Waals surface area contributed by atoms with Gasteiger partial charge in [0.1, 0.15) is 16.8 Å². The first-order chi connectivity index (χ1) is 11.3. The monoisotopic (exact) mass is 340 g/mol. The third kappa shape index (κ3) is 1.69. The van der Waals surface area contributed by atoms with Crippen LogP contribution < -0.4 is 4.48 Å². The molecule has 1 spiro atoms. The van der Waals surface area contributed by atoms with Crippen LogP contribution in [-0.2, 0) is 4.79 Å². The maximum atomic E-state index is 11.7. The van der Waals surface area contributed by atoms with Gasteiger partial charge in [-0.15, -0.1) is 0 Å². The molecule has 0 N–H and O–H groups in total. The number of thioether (sulfide) groups is 1. The number of hydrogen-bond donors (Lipinski definition) is 0. The lowest BCUT2D eigenvalue weighted by Gasteiger charge is -2.51. The van der Waals surface area contributed by atoms with E-state index in [0.717, 1.165) is 17.4 Å². The summed E-state index contributed by atoms with van der Waals surface area (Å²) in [4.78, 5) is 16.5. The zero-order valence-corrected chi connectivity index (χ0v) is 15.3. The van der Waals surface area contributed by atoms with Crippen LogP contribution in [0.2, 0.25) is 0 Å². The molecule has 3 aliphatic rings. The summed E-state index contributed by atoms with van der Waals surface area (Å²) in [5.74, 6) is 0.988. The second-order valence-corrected chi connectivity index (χ2v) is 8.73. The van der Waals surface area contributed by atoms with Gasteiger partial charge in [0.2, 0.25) is 0 Å². The van der Waals surface area contributed by atoms with E-state index in [4.69, 9.17) is 4.98 Å². The Hall–Kier alpha value is -1.85. The lowest BCUT2D eigenvalue weighted by atomic mass is 9.79. The van der Waals surface area contributed by atoms with Crippen molar-refractivity contribution in [2.24, 2.45) is 0 Å². The molecule has 4 rings (SSSR count). The number of rotatable bonds is 1. The quantitative estimate of drug-likeness (QED) is 0.566. The number of imidazole rings is 1. The first kappa shape index (κ1) is 15.7. The zero-order chi connectivity index (χ0) is 17.2. The number of carbonyl (C=O) groups excluding carboxylic acids is 1. The van der Waals surface area contributed by atoms with Gasteiger partial charge < -0.3 is 0 Å². The summed E-state index contributed by atoms with van der Waals surface area (Å²) in [5, 5.41) is 0.980. The van der Waals surface area contributed by atoms with Gasteiger partial charge in [-0.05, 0) is 50.8 Å². The Kier molecular flexibility index (Phi) is 3.15. The van der Waals surface area contributed by atoms with Crippen molar-refractivity contribution in [2.45, 2.75) is 50.2 Å². The SMILES string of the molecule is CC(=O)Sc1cnc2n1C1=CC=CCC13C=CC=C[N+]23C(C)(C)C. The maximum Gasteiger partial charge on any atom is 0.320 e. The highest BCUT2D eigenvalue weighted by Crippen LogP contribution is 2.58. The molecule has 0 radical (unpaired) electrons. The predicted octanol–water partition coefficient (Wildman–Crippen LogP) is 4.26. The summed E-state index contributed by atoms with van der Waals surface area (Å²) in [6.07, 6.45) is 18.1. The van der Waals surface area contributed by atoms with E-state index in [0.29, 0.717) is 4.48 Å². The van der Waals surface area contributed by atoms with Gasteiger partial charge in [-0.25, -0.2) is 9.05 Å². The van der Waals surface area contributed by atoms with Gasteiger partial charge >= 0.3 is 5.95 Å². The van der Waals surface area contributed by atoms with Crippen molar-refractivity contribution < 1.29 is 4.79 Å². The highest BCUT2D eigenvalue weighted by molar-refractivity contribution is 8.13. The Balaban J connectivity index is 2.07. The number of carbonyl (C=O) groups is 1. The second-order valence-electron chi connectivity index (χ2n) is 7.53. The van der Waals surface area contributed by atoms with Gasteiger partial charge in [-0.3, -0.25) is 4.79 Å². The Morgan fingerprint density at radius 2 is 2.12 bits per heavy atom. The second kappa shape index (κ2) is 4.83. The lowest BCUT2D eigenvalue weighted by Crippen LogP contribution is -2.69. The summed E-state index contributed by atoms with van der Waals surface area (Å²) in [6.45, 7) is 8.38. The van der Waals surface area contributed by atoms with Crippen LogP contribution in [0.1, 0.15) is 34.1 Å².